The molecule has 0 spiro atoms. The number of methoxy groups -OCH3 is 1. The fraction of sp³-hybridized carbons (Fsp3) is 0.269. The predicted molar refractivity (Wildman–Crippen MR) is 135 cm³/mol. The average Bonchev–Trinajstić information content (AvgIpc) is 3.54. The Morgan fingerprint density at radius 3 is 2.59 bits per heavy atom. The number of pyridine rings is 1. The number of amides is 2. The number of nitrogens with one attached hydrogen (secondary N) is 1. The Balaban J connectivity index is 1.41. The van der Waals surface area contributed by atoms with E-state index in [1.54, 1.807) is 17.0 Å². The van der Waals surface area contributed by atoms with Gasteiger partial charge in [0.2, 0.25) is 5.88 Å². The van der Waals surface area contributed by atoms with E-state index in [4.69, 9.17) is 10.5 Å². The summed E-state index contributed by atoms with van der Waals surface area (Å²) < 4.78 is 47.5. The smallest absolute Gasteiger partial charge is 0.418 e. The zero-order valence-electron chi connectivity index (χ0n) is 21.0. The number of hydrogen-bond donors (Lipinski definition) is 2. The molecule has 4 aromatic rings. The molecule has 0 aliphatic carbocycles. The standard InChI is InChI=1S/C26H24F3N7O3/c1-14-3-5-15(6-4-14)25(38)35-8-7-17(12-35)34-23(37)18-9-16(11-31-24(18)39-2)20-10-19(26(27,28)29)21-22(30)32-13-33-36(20)21/h3-6,9-11,13,17H,7-8,12H2,1-2H3,(H,34,37)(H2,30,32,33)/t17-/m0/s1. The largest absolute Gasteiger partial charge is 0.480 e. The SMILES string of the molecule is COc1ncc(-c2cc(C(F)(F)F)c3c(N)ncnn23)cc1C(=O)N[C@H]1CCN(C(=O)c2ccc(C)cc2)C1. The lowest BCUT2D eigenvalue weighted by molar-refractivity contribution is -0.136. The number of nitrogens with two attached hydrogens (primary N) is 1. The number of carbonyl (C=O) groups excluding carboxylic acids is 2. The van der Waals surface area contributed by atoms with Gasteiger partial charge in [0, 0.05) is 36.5 Å². The Kier molecular flexibility index (Phi) is 6.58. The van der Waals surface area contributed by atoms with Crippen molar-refractivity contribution in [1.82, 2.24) is 29.8 Å². The third-order valence-electron chi connectivity index (χ3n) is 6.58. The Morgan fingerprint density at radius 1 is 1.15 bits per heavy atom. The fourth-order valence-corrected chi connectivity index (χ4v) is 4.61. The molecule has 13 heteroatoms. The Labute approximate surface area is 220 Å². The lowest BCUT2D eigenvalue weighted by Gasteiger charge is -2.18. The summed E-state index contributed by atoms with van der Waals surface area (Å²) in [7, 11) is 1.33. The molecule has 0 bridgehead atoms. The number of nitrogens with zero attached hydrogens (tertiary/aromatic N) is 5. The zero-order valence-corrected chi connectivity index (χ0v) is 21.0. The van der Waals surface area contributed by atoms with Crippen molar-refractivity contribution in [2.24, 2.45) is 0 Å². The first-order valence-corrected chi connectivity index (χ1v) is 12.0. The molecule has 5 rings (SSSR count). The maximum atomic E-state index is 13.7. The van der Waals surface area contributed by atoms with Crippen LogP contribution < -0.4 is 15.8 Å². The predicted octanol–water partition coefficient (Wildman–Crippen LogP) is 3.35. The maximum absolute atomic E-state index is 13.7. The second-order valence-electron chi connectivity index (χ2n) is 9.20. The number of aromatic nitrogens is 4. The summed E-state index contributed by atoms with van der Waals surface area (Å²) in [4.78, 5) is 35.6. The van der Waals surface area contributed by atoms with Crippen LogP contribution in [0.4, 0.5) is 19.0 Å². The summed E-state index contributed by atoms with van der Waals surface area (Å²) in [5.74, 6) is -1.02. The van der Waals surface area contributed by atoms with E-state index in [0.717, 1.165) is 22.5 Å². The number of alkyl halides is 3. The number of fused-ring (bicyclic) bond motifs is 1. The molecule has 1 aliphatic heterocycles. The van der Waals surface area contributed by atoms with Crippen LogP contribution in [0.25, 0.3) is 16.8 Å². The van der Waals surface area contributed by atoms with Gasteiger partial charge in [0.1, 0.15) is 17.4 Å². The van der Waals surface area contributed by atoms with Crippen molar-refractivity contribution in [3.63, 3.8) is 0 Å². The number of halogens is 3. The molecular weight excluding hydrogens is 515 g/mol. The molecule has 10 nitrogen and oxygen atoms in total. The minimum absolute atomic E-state index is 0.00659. The van der Waals surface area contributed by atoms with Crippen molar-refractivity contribution < 1.29 is 27.5 Å². The van der Waals surface area contributed by atoms with Crippen molar-refractivity contribution in [1.29, 1.82) is 0 Å². The lowest BCUT2D eigenvalue weighted by atomic mass is 10.1. The van der Waals surface area contributed by atoms with Crippen molar-refractivity contribution in [3.05, 3.63) is 71.2 Å². The van der Waals surface area contributed by atoms with Gasteiger partial charge in [-0.2, -0.15) is 18.3 Å². The number of rotatable bonds is 5. The first kappa shape index (κ1) is 25.9. The molecule has 0 saturated carbocycles. The number of carbonyl (C=O) groups is 2. The zero-order chi connectivity index (χ0) is 27.9. The highest BCUT2D eigenvalue weighted by Gasteiger charge is 2.37. The highest BCUT2D eigenvalue weighted by atomic mass is 19.4. The minimum atomic E-state index is -4.72. The number of likely N-dealkylation sites (tertiary alicyclic amines) is 1. The molecule has 0 radical (unpaired) electrons. The van der Waals surface area contributed by atoms with Gasteiger partial charge < -0.3 is 20.7 Å². The van der Waals surface area contributed by atoms with Crippen molar-refractivity contribution >= 4 is 23.1 Å². The molecule has 2 amide bonds. The Bertz CT molecular complexity index is 1570. The Hall–Kier alpha value is -4.68. The molecule has 4 heterocycles. The summed E-state index contributed by atoms with van der Waals surface area (Å²) in [5, 5.41) is 6.82. The highest BCUT2D eigenvalue weighted by Crippen LogP contribution is 2.39. The van der Waals surface area contributed by atoms with E-state index in [-0.39, 0.29) is 40.5 Å². The summed E-state index contributed by atoms with van der Waals surface area (Å²) in [6, 6.07) is 9.18. The first-order chi connectivity index (χ1) is 18.6. The van der Waals surface area contributed by atoms with Crippen LogP contribution in [0.15, 0.2) is 48.9 Å². The van der Waals surface area contributed by atoms with Gasteiger partial charge in [-0.1, -0.05) is 17.7 Å². The maximum Gasteiger partial charge on any atom is 0.418 e. The molecule has 1 fully saturated rings. The van der Waals surface area contributed by atoms with Crippen LogP contribution in [0, 0.1) is 6.92 Å². The van der Waals surface area contributed by atoms with E-state index in [1.807, 2.05) is 19.1 Å². The molecule has 3 aromatic heterocycles. The van der Waals surface area contributed by atoms with E-state index in [0.29, 0.717) is 25.1 Å². The van der Waals surface area contributed by atoms with Gasteiger partial charge in [-0.05, 0) is 37.6 Å². The molecule has 1 saturated heterocycles. The van der Waals surface area contributed by atoms with Gasteiger partial charge in [0.25, 0.3) is 11.8 Å². The van der Waals surface area contributed by atoms with Crippen LogP contribution in [0.3, 0.4) is 0 Å². The van der Waals surface area contributed by atoms with E-state index in [2.05, 4.69) is 20.4 Å². The van der Waals surface area contributed by atoms with Gasteiger partial charge in [-0.15, -0.1) is 0 Å². The molecule has 1 aliphatic rings. The van der Waals surface area contributed by atoms with Gasteiger partial charge in [0.05, 0.1) is 18.4 Å². The number of ether oxygens (including phenoxy) is 1. The van der Waals surface area contributed by atoms with Gasteiger partial charge >= 0.3 is 6.18 Å². The summed E-state index contributed by atoms with van der Waals surface area (Å²) in [6.45, 7) is 2.71. The average molecular weight is 540 g/mol. The van der Waals surface area contributed by atoms with Crippen LogP contribution in [-0.2, 0) is 6.18 Å². The number of nitrogen functional groups attached to an aromatic ring is 1. The lowest BCUT2D eigenvalue weighted by Crippen LogP contribution is -2.38. The van der Waals surface area contributed by atoms with Crippen LogP contribution >= 0.6 is 0 Å². The van der Waals surface area contributed by atoms with Crippen molar-refractivity contribution in [2.45, 2.75) is 25.6 Å². The minimum Gasteiger partial charge on any atom is -0.480 e. The quantitative estimate of drug-likeness (QED) is 0.398. The highest BCUT2D eigenvalue weighted by molar-refractivity contribution is 5.98. The van der Waals surface area contributed by atoms with E-state index < -0.39 is 23.2 Å². The van der Waals surface area contributed by atoms with Crippen LogP contribution in [-0.4, -0.2) is 62.5 Å². The third kappa shape index (κ3) is 4.94. The normalized spacial score (nSPS) is 15.5. The number of anilines is 1. The third-order valence-corrected chi connectivity index (χ3v) is 6.58. The monoisotopic (exact) mass is 539 g/mol. The number of aryl methyl sites for hydroxylation is 1. The second-order valence-corrected chi connectivity index (χ2v) is 9.20. The Morgan fingerprint density at radius 2 is 1.90 bits per heavy atom. The summed E-state index contributed by atoms with van der Waals surface area (Å²) in [6.07, 6.45) is -1.85. The molecule has 39 heavy (non-hydrogen) atoms. The van der Waals surface area contributed by atoms with Crippen LogP contribution in [0.1, 0.15) is 38.3 Å². The first-order valence-electron chi connectivity index (χ1n) is 12.0. The molecule has 1 aromatic carbocycles. The van der Waals surface area contributed by atoms with Crippen LogP contribution in [0.5, 0.6) is 5.88 Å². The van der Waals surface area contributed by atoms with Crippen molar-refractivity contribution in [3.8, 4) is 17.1 Å². The van der Waals surface area contributed by atoms with Crippen molar-refractivity contribution in [2.75, 3.05) is 25.9 Å². The van der Waals surface area contributed by atoms with Crippen LogP contribution in [0.2, 0.25) is 0 Å². The number of benzene rings is 1. The summed E-state index contributed by atoms with van der Waals surface area (Å²) >= 11 is 0. The van der Waals surface area contributed by atoms with Gasteiger partial charge in [-0.3, -0.25) is 9.59 Å². The van der Waals surface area contributed by atoms with E-state index >= 15 is 0 Å². The molecule has 3 N–H and O–H groups in total. The summed E-state index contributed by atoms with van der Waals surface area (Å²) in [5.41, 5.74) is 6.16. The van der Waals surface area contributed by atoms with Gasteiger partial charge in [-0.25, -0.2) is 14.5 Å². The molecule has 0 unspecified atom stereocenters. The van der Waals surface area contributed by atoms with Gasteiger partial charge in [0.15, 0.2) is 5.82 Å². The van der Waals surface area contributed by atoms with E-state index in [1.165, 1.54) is 19.4 Å². The molecular formula is C26H24F3N7O3. The number of hydrogen-bond acceptors (Lipinski definition) is 7. The molecule has 202 valence electrons. The molecule has 1 atom stereocenters. The fourth-order valence-electron chi connectivity index (χ4n) is 4.61. The topological polar surface area (TPSA) is 128 Å². The second kappa shape index (κ2) is 9.89. The van der Waals surface area contributed by atoms with E-state index in [9.17, 15) is 22.8 Å².